The number of hydrogen-bond donors (Lipinski definition) is 2. The summed E-state index contributed by atoms with van der Waals surface area (Å²) in [7, 11) is 3.16. The van der Waals surface area contributed by atoms with E-state index in [1.54, 1.807) is 27.1 Å². The van der Waals surface area contributed by atoms with Crippen LogP contribution >= 0.6 is 23.2 Å². The molecule has 0 radical (unpaired) electrons. The molecule has 2 amide bonds. The standard InChI is InChI=1S/C23H21Cl2FN4O3/c1-12-6-18(21(31)30(2)3)29-23(12,22(28)32)10-14-4-5-17(25)20(19(14)26)33-16-8-13(11-27)7-15(24)9-16/h4-9,12,29H,10H2,1-3H3,(H2,28,32). The quantitative estimate of drug-likeness (QED) is 0.640. The van der Waals surface area contributed by atoms with Crippen molar-refractivity contribution < 1.29 is 18.7 Å². The molecule has 2 unspecified atom stereocenters. The second kappa shape index (κ2) is 9.30. The molecule has 0 bridgehead atoms. The molecule has 2 aromatic carbocycles. The number of nitriles is 1. The van der Waals surface area contributed by atoms with E-state index in [9.17, 15) is 9.59 Å². The van der Waals surface area contributed by atoms with Crippen LogP contribution in [0.4, 0.5) is 4.39 Å². The first-order chi connectivity index (χ1) is 15.5. The number of likely N-dealkylation sites (N-methyl/N-ethyl adjacent to an activating group) is 1. The maximum atomic E-state index is 15.5. The van der Waals surface area contributed by atoms with Gasteiger partial charge in [-0.15, -0.1) is 0 Å². The van der Waals surface area contributed by atoms with Gasteiger partial charge in [0, 0.05) is 31.5 Å². The summed E-state index contributed by atoms with van der Waals surface area (Å²) >= 11 is 12.2. The lowest BCUT2D eigenvalue weighted by molar-refractivity contribution is -0.126. The topological polar surface area (TPSA) is 108 Å². The molecule has 1 aliphatic rings. The Morgan fingerprint density at radius 3 is 2.61 bits per heavy atom. The van der Waals surface area contributed by atoms with Gasteiger partial charge in [-0.1, -0.05) is 36.2 Å². The average molecular weight is 491 g/mol. The number of nitrogens with zero attached hydrogens (tertiary/aromatic N) is 2. The summed E-state index contributed by atoms with van der Waals surface area (Å²) in [6, 6.07) is 9.04. The van der Waals surface area contributed by atoms with E-state index in [0.717, 1.165) is 0 Å². The smallest absolute Gasteiger partial charge is 0.269 e. The number of carbonyl (C=O) groups is 2. The molecule has 7 nitrogen and oxygen atoms in total. The SMILES string of the molecule is CC1C=C(C(=O)N(C)C)NC1(Cc1ccc(Cl)c(Oc2cc(Cl)cc(C#N)c2)c1F)C(N)=O. The Balaban J connectivity index is 1.98. The Morgan fingerprint density at radius 2 is 2.00 bits per heavy atom. The van der Waals surface area contributed by atoms with Gasteiger partial charge in [0.05, 0.1) is 22.4 Å². The van der Waals surface area contributed by atoms with E-state index in [1.165, 1.54) is 35.2 Å². The number of primary amides is 1. The van der Waals surface area contributed by atoms with Gasteiger partial charge in [0.1, 0.15) is 11.3 Å². The van der Waals surface area contributed by atoms with Crippen LogP contribution in [0.2, 0.25) is 10.0 Å². The maximum Gasteiger partial charge on any atom is 0.269 e. The molecule has 0 aliphatic carbocycles. The Bertz CT molecular complexity index is 1210. The highest BCUT2D eigenvalue weighted by Crippen LogP contribution is 2.38. The highest BCUT2D eigenvalue weighted by atomic mass is 35.5. The molecule has 0 saturated heterocycles. The summed E-state index contributed by atoms with van der Waals surface area (Å²) in [5.74, 6) is -2.54. The molecule has 1 heterocycles. The number of ether oxygens (including phenoxy) is 1. The van der Waals surface area contributed by atoms with E-state index < -0.39 is 23.2 Å². The van der Waals surface area contributed by atoms with Crippen molar-refractivity contribution >= 4 is 35.0 Å². The molecule has 3 N–H and O–H groups in total. The minimum Gasteiger partial charge on any atom is -0.453 e. The number of amides is 2. The normalized spacial score (nSPS) is 19.3. The monoisotopic (exact) mass is 490 g/mol. The molecule has 2 aromatic rings. The van der Waals surface area contributed by atoms with Gasteiger partial charge in [0.15, 0.2) is 11.6 Å². The van der Waals surface area contributed by atoms with Crippen LogP contribution in [0, 0.1) is 23.1 Å². The summed E-state index contributed by atoms with van der Waals surface area (Å²) in [6.45, 7) is 1.72. The molecule has 2 atom stereocenters. The number of halogens is 3. The van der Waals surface area contributed by atoms with Gasteiger partial charge in [-0.2, -0.15) is 5.26 Å². The zero-order chi connectivity index (χ0) is 24.5. The summed E-state index contributed by atoms with van der Waals surface area (Å²) < 4.78 is 21.1. The zero-order valence-electron chi connectivity index (χ0n) is 18.1. The second-order valence-electron chi connectivity index (χ2n) is 7.95. The Hall–Kier alpha value is -3.28. The largest absolute Gasteiger partial charge is 0.453 e. The highest BCUT2D eigenvalue weighted by molar-refractivity contribution is 6.32. The van der Waals surface area contributed by atoms with Crippen LogP contribution in [-0.4, -0.2) is 36.3 Å². The summed E-state index contributed by atoms with van der Waals surface area (Å²) in [5, 5.41) is 12.3. The Labute approximate surface area is 200 Å². The summed E-state index contributed by atoms with van der Waals surface area (Å²) in [4.78, 5) is 26.3. The van der Waals surface area contributed by atoms with E-state index in [1.807, 2.05) is 6.07 Å². The molecular weight excluding hydrogens is 470 g/mol. The molecule has 33 heavy (non-hydrogen) atoms. The van der Waals surface area contributed by atoms with Crippen molar-refractivity contribution in [3.05, 3.63) is 69.1 Å². The Kier molecular flexibility index (Phi) is 6.86. The van der Waals surface area contributed by atoms with Crippen LogP contribution in [0.25, 0.3) is 0 Å². The number of hydrogen-bond acceptors (Lipinski definition) is 5. The van der Waals surface area contributed by atoms with Crippen LogP contribution in [0.3, 0.4) is 0 Å². The number of nitrogens with one attached hydrogen (secondary N) is 1. The fourth-order valence-electron chi connectivity index (χ4n) is 3.64. The fourth-order valence-corrected chi connectivity index (χ4v) is 4.05. The van der Waals surface area contributed by atoms with Gasteiger partial charge in [0.25, 0.3) is 5.91 Å². The lowest BCUT2D eigenvalue weighted by Gasteiger charge is -2.32. The number of benzene rings is 2. The Morgan fingerprint density at radius 1 is 1.30 bits per heavy atom. The first kappa shape index (κ1) is 24.4. The average Bonchev–Trinajstić information content (AvgIpc) is 3.09. The zero-order valence-corrected chi connectivity index (χ0v) is 19.6. The lowest BCUT2D eigenvalue weighted by Crippen LogP contribution is -2.58. The van der Waals surface area contributed by atoms with Crippen molar-refractivity contribution in [2.45, 2.75) is 18.9 Å². The van der Waals surface area contributed by atoms with Crippen molar-refractivity contribution in [3.63, 3.8) is 0 Å². The second-order valence-corrected chi connectivity index (χ2v) is 8.79. The number of carbonyl (C=O) groups excluding carboxylic acids is 2. The van der Waals surface area contributed by atoms with Crippen molar-refractivity contribution in [2.24, 2.45) is 11.7 Å². The van der Waals surface area contributed by atoms with Gasteiger partial charge in [-0.05, 0) is 35.9 Å². The molecular formula is C23H21Cl2FN4O3. The van der Waals surface area contributed by atoms with Crippen LogP contribution in [0.1, 0.15) is 18.1 Å². The van der Waals surface area contributed by atoms with E-state index in [0.29, 0.717) is 0 Å². The van der Waals surface area contributed by atoms with E-state index in [2.05, 4.69) is 5.32 Å². The molecule has 0 spiro atoms. The summed E-state index contributed by atoms with van der Waals surface area (Å²) in [5.41, 5.74) is 4.82. The molecule has 0 saturated carbocycles. The molecule has 3 rings (SSSR count). The van der Waals surface area contributed by atoms with Crippen LogP contribution in [0.15, 0.2) is 42.1 Å². The van der Waals surface area contributed by atoms with Crippen molar-refractivity contribution in [1.29, 1.82) is 5.26 Å². The lowest BCUT2D eigenvalue weighted by atomic mass is 9.81. The minimum absolute atomic E-state index is 0.0168. The fraction of sp³-hybridized carbons (Fsp3) is 0.261. The van der Waals surface area contributed by atoms with Gasteiger partial charge < -0.3 is 20.7 Å². The van der Waals surface area contributed by atoms with Gasteiger partial charge in [-0.25, -0.2) is 4.39 Å². The predicted molar refractivity (Wildman–Crippen MR) is 122 cm³/mol. The molecule has 0 aromatic heterocycles. The van der Waals surface area contributed by atoms with Crippen LogP contribution in [0.5, 0.6) is 11.5 Å². The minimum atomic E-state index is -1.43. The van der Waals surface area contributed by atoms with Crippen molar-refractivity contribution in [1.82, 2.24) is 10.2 Å². The van der Waals surface area contributed by atoms with Crippen LogP contribution < -0.4 is 15.8 Å². The molecule has 10 heteroatoms. The summed E-state index contributed by atoms with van der Waals surface area (Å²) in [6.07, 6.45) is 1.44. The van der Waals surface area contributed by atoms with Gasteiger partial charge >= 0.3 is 0 Å². The van der Waals surface area contributed by atoms with E-state index >= 15 is 4.39 Å². The predicted octanol–water partition coefficient (Wildman–Crippen LogP) is 3.77. The third-order valence-corrected chi connectivity index (χ3v) is 5.96. The van der Waals surface area contributed by atoms with Gasteiger partial charge in [0.2, 0.25) is 5.91 Å². The third kappa shape index (κ3) is 4.75. The van der Waals surface area contributed by atoms with E-state index in [4.69, 9.17) is 38.9 Å². The maximum absolute atomic E-state index is 15.5. The highest BCUT2D eigenvalue weighted by Gasteiger charge is 2.47. The van der Waals surface area contributed by atoms with Crippen molar-refractivity contribution in [3.8, 4) is 17.6 Å². The molecule has 172 valence electrons. The van der Waals surface area contributed by atoms with Crippen molar-refractivity contribution in [2.75, 3.05) is 14.1 Å². The van der Waals surface area contributed by atoms with E-state index in [-0.39, 0.29) is 50.7 Å². The third-order valence-electron chi connectivity index (χ3n) is 5.45. The first-order valence-corrected chi connectivity index (χ1v) is 10.6. The number of nitrogens with two attached hydrogens (primary N) is 1. The number of rotatable bonds is 6. The van der Waals surface area contributed by atoms with Crippen LogP contribution in [-0.2, 0) is 16.0 Å². The molecule has 0 fully saturated rings. The molecule has 1 aliphatic heterocycles. The van der Waals surface area contributed by atoms with Gasteiger partial charge in [-0.3, -0.25) is 9.59 Å². The first-order valence-electron chi connectivity index (χ1n) is 9.85.